The number of rotatable bonds is 4. The number of sulfone groups is 1. The zero-order valence-electron chi connectivity index (χ0n) is 12.2. The minimum Gasteiger partial charge on any atom is -0.323 e. The molecule has 2 aromatic carbocycles. The van der Waals surface area contributed by atoms with E-state index in [1.54, 1.807) is 30.3 Å². The van der Waals surface area contributed by atoms with Crippen molar-refractivity contribution >= 4 is 44.2 Å². The second kappa shape index (κ2) is 6.05. The van der Waals surface area contributed by atoms with Gasteiger partial charge < -0.3 is 5.32 Å². The van der Waals surface area contributed by atoms with Crippen LogP contribution in [-0.4, -0.2) is 28.8 Å². The third kappa shape index (κ3) is 3.38. The molecule has 1 heterocycles. The third-order valence-corrected chi connectivity index (χ3v) is 5.44. The smallest absolute Gasteiger partial charge is 0.240 e. The molecule has 0 aliphatic rings. The van der Waals surface area contributed by atoms with Crippen molar-refractivity contribution in [1.29, 1.82) is 0 Å². The van der Waals surface area contributed by atoms with E-state index in [2.05, 4.69) is 14.1 Å². The lowest BCUT2D eigenvalue weighted by Crippen LogP contribution is -2.23. The fourth-order valence-electron chi connectivity index (χ4n) is 2.09. The van der Waals surface area contributed by atoms with Crippen LogP contribution in [0.1, 0.15) is 5.56 Å². The predicted molar refractivity (Wildman–Crippen MR) is 89.3 cm³/mol. The molecule has 0 saturated carbocycles. The van der Waals surface area contributed by atoms with Crippen LogP contribution in [0, 0.1) is 6.92 Å². The van der Waals surface area contributed by atoms with Crippen LogP contribution in [0.4, 0.5) is 5.69 Å². The molecule has 0 bridgehead atoms. The Morgan fingerprint density at radius 1 is 1.13 bits per heavy atom. The molecule has 118 valence electrons. The van der Waals surface area contributed by atoms with Gasteiger partial charge in [0.05, 0.1) is 22.3 Å². The fraction of sp³-hybridized carbons (Fsp3) is 0.133. The molecule has 0 atom stereocenters. The molecule has 23 heavy (non-hydrogen) atoms. The molecule has 0 fully saturated rings. The van der Waals surface area contributed by atoms with Crippen molar-refractivity contribution in [3.05, 3.63) is 48.0 Å². The maximum atomic E-state index is 12.3. The Bertz CT molecular complexity index is 963. The largest absolute Gasteiger partial charge is 0.323 e. The van der Waals surface area contributed by atoms with Crippen LogP contribution >= 0.6 is 11.7 Å². The summed E-state index contributed by atoms with van der Waals surface area (Å²) in [6, 6.07) is 11.6. The summed E-state index contributed by atoms with van der Waals surface area (Å²) >= 11 is 1.04. The van der Waals surface area contributed by atoms with Gasteiger partial charge in [0.15, 0.2) is 9.84 Å². The minimum absolute atomic E-state index is 0.131. The molecule has 3 aromatic rings. The van der Waals surface area contributed by atoms with Gasteiger partial charge in [0, 0.05) is 0 Å². The van der Waals surface area contributed by atoms with Crippen molar-refractivity contribution in [3.8, 4) is 0 Å². The summed E-state index contributed by atoms with van der Waals surface area (Å²) in [6.45, 7) is 1.87. The number of hydrogen-bond acceptors (Lipinski definition) is 6. The Morgan fingerprint density at radius 3 is 2.61 bits per heavy atom. The summed E-state index contributed by atoms with van der Waals surface area (Å²) in [4.78, 5) is 12.2. The first kappa shape index (κ1) is 15.6. The van der Waals surface area contributed by atoms with Crippen molar-refractivity contribution < 1.29 is 13.2 Å². The topological polar surface area (TPSA) is 89.0 Å². The molecular formula is C15H13N3O3S2. The quantitative estimate of drug-likeness (QED) is 0.783. The van der Waals surface area contributed by atoms with E-state index in [1.165, 1.54) is 12.1 Å². The van der Waals surface area contributed by atoms with E-state index in [-0.39, 0.29) is 4.90 Å². The first-order valence-corrected chi connectivity index (χ1v) is 9.14. The summed E-state index contributed by atoms with van der Waals surface area (Å²) in [5.74, 6) is -1.23. The van der Waals surface area contributed by atoms with Crippen molar-refractivity contribution in [2.45, 2.75) is 11.8 Å². The molecule has 1 N–H and O–H groups in total. The van der Waals surface area contributed by atoms with Gasteiger partial charge >= 0.3 is 0 Å². The third-order valence-electron chi connectivity index (χ3n) is 3.26. The zero-order valence-corrected chi connectivity index (χ0v) is 13.8. The van der Waals surface area contributed by atoms with E-state index in [1.807, 2.05) is 6.92 Å². The number of carbonyl (C=O) groups is 1. The molecule has 0 saturated heterocycles. The SMILES string of the molecule is Cc1ccc(S(=O)(=O)CC(=O)Nc2cccc3nsnc23)cc1. The second-order valence-corrected chi connectivity index (χ2v) is 7.58. The fourth-order valence-corrected chi connectivity index (χ4v) is 3.78. The molecule has 8 heteroatoms. The summed E-state index contributed by atoms with van der Waals surface area (Å²) in [5.41, 5.74) is 2.63. The maximum absolute atomic E-state index is 12.3. The normalized spacial score (nSPS) is 11.5. The number of benzene rings is 2. The molecule has 6 nitrogen and oxygen atoms in total. The van der Waals surface area contributed by atoms with Crippen molar-refractivity contribution in [2.24, 2.45) is 0 Å². The molecule has 3 rings (SSSR count). The minimum atomic E-state index is -3.68. The summed E-state index contributed by atoms with van der Waals surface area (Å²) in [6.07, 6.45) is 0. The number of amides is 1. The molecule has 0 radical (unpaired) electrons. The molecule has 0 aliphatic carbocycles. The van der Waals surface area contributed by atoms with Gasteiger partial charge in [-0.15, -0.1) is 0 Å². The van der Waals surface area contributed by atoms with Crippen LogP contribution in [0.5, 0.6) is 0 Å². The van der Waals surface area contributed by atoms with Crippen LogP contribution in [0.15, 0.2) is 47.4 Å². The molecule has 0 unspecified atom stereocenters. The Labute approximate surface area is 137 Å². The number of carbonyl (C=O) groups excluding carboxylic acids is 1. The van der Waals surface area contributed by atoms with Gasteiger partial charge in [-0.05, 0) is 31.2 Å². The van der Waals surface area contributed by atoms with Crippen LogP contribution in [0.25, 0.3) is 11.0 Å². The lowest BCUT2D eigenvalue weighted by molar-refractivity contribution is -0.113. The standard InChI is InChI=1S/C15H13N3O3S2/c1-10-5-7-11(8-6-10)23(20,21)9-14(19)16-12-3-2-4-13-15(12)18-22-17-13/h2-8H,9H2,1H3,(H,16,19). The van der Waals surface area contributed by atoms with Gasteiger partial charge in [0.2, 0.25) is 5.91 Å². The van der Waals surface area contributed by atoms with E-state index in [0.29, 0.717) is 16.7 Å². The van der Waals surface area contributed by atoms with Gasteiger partial charge in [-0.1, -0.05) is 23.8 Å². The highest BCUT2D eigenvalue weighted by Gasteiger charge is 2.20. The van der Waals surface area contributed by atoms with Crippen molar-refractivity contribution in [3.63, 3.8) is 0 Å². The van der Waals surface area contributed by atoms with Crippen LogP contribution < -0.4 is 5.32 Å². The second-order valence-electron chi connectivity index (χ2n) is 5.06. The number of anilines is 1. The Kier molecular flexibility index (Phi) is 4.10. The lowest BCUT2D eigenvalue weighted by Gasteiger charge is -2.07. The predicted octanol–water partition coefficient (Wildman–Crippen LogP) is 2.41. The van der Waals surface area contributed by atoms with Gasteiger partial charge in [-0.2, -0.15) is 8.75 Å². The average molecular weight is 347 g/mol. The first-order valence-electron chi connectivity index (χ1n) is 6.76. The number of nitrogens with zero attached hydrogens (tertiary/aromatic N) is 2. The summed E-state index contributed by atoms with van der Waals surface area (Å²) < 4.78 is 32.7. The van der Waals surface area contributed by atoms with E-state index in [0.717, 1.165) is 17.3 Å². The molecule has 1 aromatic heterocycles. The van der Waals surface area contributed by atoms with Gasteiger partial charge in [-0.3, -0.25) is 4.79 Å². The highest BCUT2D eigenvalue weighted by atomic mass is 32.2. The van der Waals surface area contributed by atoms with E-state index in [4.69, 9.17) is 0 Å². The highest BCUT2D eigenvalue weighted by molar-refractivity contribution is 7.92. The highest BCUT2D eigenvalue weighted by Crippen LogP contribution is 2.21. The summed E-state index contributed by atoms with van der Waals surface area (Å²) in [7, 11) is -3.68. The van der Waals surface area contributed by atoms with Crippen molar-refractivity contribution in [1.82, 2.24) is 8.75 Å². The number of aryl methyl sites for hydroxylation is 1. The van der Waals surface area contributed by atoms with Crippen molar-refractivity contribution in [2.75, 3.05) is 11.1 Å². The Hall–Kier alpha value is -2.32. The number of aromatic nitrogens is 2. The van der Waals surface area contributed by atoms with Gasteiger partial charge in [0.25, 0.3) is 0 Å². The molecule has 0 spiro atoms. The van der Waals surface area contributed by atoms with E-state index >= 15 is 0 Å². The van der Waals surface area contributed by atoms with E-state index < -0.39 is 21.5 Å². The van der Waals surface area contributed by atoms with Crippen LogP contribution in [-0.2, 0) is 14.6 Å². The molecule has 1 amide bonds. The number of nitrogens with one attached hydrogen (secondary N) is 1. The van der Waals surface area contributed by atoms with E-state index in [9.17, 15) is 13.2 Å². The van der Waals surface area contributed by atoms with Crippen LogP contribution in [0.3, 0.4) is 0 Å². The number of hydrogen-bond donors (Lipinski definition) is 1. The first-order chi connectivity index (χ1) is 11.0. The maximum Gasteiger partial charge on any atom is 0.240 e. The molecular weight excluding hydrogens is 334 g/mol. The molecule has 0 aliphatic heterocycles. The summed E-state index contributed by atoms with van der Waals surface area (Å²) in [5, 5.41) is 2.59. The van der Waals surface area contributed by atoms with Gasteiger partial charge in [-0.25, -0.2) is 8.42 Å². The Balaban J connectivity index is 1.79. The lowest BCUT2D eigenvalue weighted by atomic mass is 10.2. The number of fused-ring (bicyclic) bond motifs is 1. The van der Waals surface area contributed by atoms with Gasteiger partial charge in [0.1, 0.15) is 16.8 Å². The Morgan fingerprint density at radius 2 is 1.87 bits per heavy atom. The zero-order chi connectivity index (χ0) is 16.4. The van der Waals surface area contributed by atoms with Crippen LogP contribution in [0.2, 0.25) is 0 Å². The average Bonchev–Trinajstić information content (AvgIpc) is 2.96. The monoisotopic (exact) mass is 347 g/mol.